The van der Waals surface area contributed by atoms with E-state index in [0.717, 1.165) is 21.5 Å². The van der Waals surface area contributed by atoms with Crippen LogP contribution in [0.3, 0.4) is 0 Å². The van der Waals surface area contributed by atoms with Crippen molar-refractivity contribution in [3.63, 3.8) is 0 Å². The fourth-order valence-corrected chi connectivity index (χ4v) is 3.40. The Hall–Kier alpha value is -2.34. The number of hydrogen-bond acceptors (Lipinski definition) is 5. The second kappa shape index (κ2) is 5.46. The molecule has 0 saturated carbocycles. The summed E-state index contributed by atoms with van der Waals surface area (Å²) in [6.07, 6.45) is 0. The van der Waals surface area contributed by atoms with Crippen molar-refractivity contribution >= 4 is 35.0 Å². The number of aliphatic imine (C=N–C) groups is 1. The summed E-state index contributed by atoms with van der Waals surface area (Å²) in [5, 5.41) is 2.92. The highest BCUT2D eigenvalue weighted by molar-refractivity contribution is 7.13. The number of aromatic nitrogens is 3. The monoisotopic (exact) mass is 312 g/mol. The van der Waals surface area contributed by atoms with Gasteiger partial charge in [-0.3, -0.25) is 9.36 Å². The number of thiophene rings is 1. The normalized spacial score (nSPS) is 11.0. The molecular weight excluding hydrogens is 296 g/mol. The Balaban J connectivity index is 2.42. The van der Waals surface area contributed by atoms with E-state index in [-0.39, 0.29) is 5.56 Å². The fourth-order valence-electron chi connectivity index (χ4n) is 2.49. The maximum absolute atomic E-state index is 12.8. The maximum atomic E-state index is 12.8. The van der Waals surface area contributed by atoms with Gasteiger partial charge in [0, 0.05) is 16.8 Å². The van der Waals surface area contributed by atoms with Gasteiger partial charge in [-0.15, -0.1) is 11.3 Å². The quantitative estimate of drug-likeness (QED) is 0.696. The largest absolute Gasteiger partial charge is 0.292 e. The van der Waals surface area contributed by atoms with Crippen molar-refractivity contribution in [2.45, 2.75) is 27.3 Å². The van der Waals surface area contributed by atoms with E-state index in [1.165, 1.54) is 0 Å². The summed E-state index contributed by atoms with van der Waals surface area (Å²) in [5.41, 5.74) is 3.22. The second-order valence-corrected chi connectivity index (χ2v) is 6.01. The van der Waals surface area contributed by atoms with E-state index >= 15 is 0 Å². The van der Waals surface area contributed by atoms with Crippen molar-refractivity contribution in [2.24, 2.45) is 4.99 Å². The van der Waals surface area contributed by atoms with Crippen LogP contribution in [0.4, 0.5) is 5.95 Å². The molecule has 0 atom stereocenters. The van der Waals surface area contributed by atoms with Gasteiger partial charge in [-0.2, -0.15) is 4.98 Å². The number of nitrogens with zero attached hydrogens (tertiary/aromatic N) is 4. The lowest BCUT2D eigenvalue weighted by Crippen LogP contribution is -2.22. The van der Waals surface area contributed by atoms with Crippen LogP contribution in [0, 0.1) is 13.8 Å². The highest BCUT2D eigenvalue weighted by atomic mass is 32.1. The Morgan fingerprint density at radius 2 is 2.09 bits per heavy atom. The molecule has 6 heteroatoms. The molecule has 5 nitrogen and oxygen atoms in total. The maximum Gasteiger partial charge on any atom is 0.260 e. The Morgan fingerprint density at radius 3 is 2.68 bits per heavy atom. The number of hydrogen-bond donors (Lipinski definition) is 0. The molecule has 0 unspecified atom stereocenters. The smallest absolute Gasteiger partial charge is 0.260 e. The number of rotatable bonds is 3. The molecule has 0 amide bonds. The van der Waals surface area contributed by atoms with Gasteiger partial charge in [0.05, 0.1) is 11.3 Å². The predicted molar refractivity (Wildman–Crippen MR) is 91.5 cm³/mol. The zero-order valence-corrected chi connectivity index (χ0v) is 13.6. The summed E-state index contributed by atoms with van der Waals surface area (Å²) in [6.45, 7) is 9.86. The van der Waals surface area contributed by atoms with Crippen LogP contribution in [0.1, 0.15) is 18.2 Å². The number of fused-ring (bicyclic) bond motifs is 1. The molecule has 3 aromatic heterocycles. The minimum Gasteiger partial charge on any atom is -0.292 e. The summed E-state index contributed by atoms with van der Waals surface area (Å²) in [6, 6.07) is 3.92. The molecule has 0 spiro atoms. The highest BCUT2D eigenvalue weighted by Crippen LogP contribution is 2.28. The average molecular weight is 312 g/mol. The molecule has 0 aliphatic heterocycles. The molecule has 3 heterocycles. The molecule has 0 aromatic carbocycles. The Kier molecular flexibility index (Phi) is 3.62. The number of pyridine rings is 1. The van der Waals surface area contributed by atoms with E-state index in [1.54, 1.807) is 15.9 Å². The third-order valence-corrected chi connectivity index (χ3v) is 4.66. The first-order valence-corrected chi connectivity index (χ1v) is 7.87. The van der Waals surface area contributed by atoms with Gasteiger partial charge in [0.15, 0.2) is 0 Å². The summed E-state index contributed by atoms with van der Waals surface area (Å²) in [4.78, 5) is 26.2. The van der Waals surface area contributed by atoms with E-state index in [4.69, 9.17) is 0 Å². The lowest BCUT2D eigenvalue weighted by Gasteiger charge is -2.11. The summed E-state index contributed by atoms with van der Waals surface area (Å²) >= 11 is 1.58. The van der Waals surface area contributed by atoms with Gasteiger partial charge in [0.2, 0.25) is 0 Å². The third-order valence-electron chi connectivity index (χ3n) is 3.58. The van der Waals surface area contributed by atoms with E-state index in [9.17, 15) is 4.79 Å². The van der Waals surface area contributed by atoms with Gasteiger partial charge in [-0.1, -0.05) is 0 Å². The van der Waals surface area contributed by atoms with Gasteiger partial charge >= 0.3 is 0 Å². The van der Waals surface area contributed by atoms with Gasteiger partial charge in [-0.05, 0) is 50.6 Å². The predicted octanol–water partition coefficient (Wildman–Crippen LogP) is 3.49. The molecular formula is C16H16N4OS. The van der Waals surface area contributed by atoms with E-state index in [2.05, 4.69) is 21.7 Å². The average Bonchev–Trinajstić information content (AvgIpc) is 2.93. The van der Waals surface area contributed by atoms with Crippen molar-refractivity contribution < 1.29 is 0 Å². The fraction of sp³-hybridized carbons (Fsp3) is 0.250. The van der Waals surface area contributed by atoms with Crippen LogP contribution in [-0.2, 0) is 6.54 Å². The number of aryl methyl sites for hydroxylation is 3. The van der Waals surface area contributed by atoms with Crippen LogP contribution in [0.15, 0.2) is 27.3 Å². The SMILES string of the molecule is C=Nc1nc(C)c2cc(-c3cc(C)cs3)c(=O)n(CC)c2n1. The van der Waals surface area contributed by atoms with Crippen molar-refractivity contribution in [1.29, 1.82) is 0 Å². The summed E-state index contributed by atoms with van der Waals surface area (Å²) in [5.74, 6) is 0.298. The molecule has 22 heavy (non-hydrogen) atoms. The van der Waals surface area contributed by atoms with E-state index in [0.29, 0.717) is 23.7 Å². The van der Waals surface area contributed by atoms with Crippen LogP contribution in [-0.4, -0.2) is 21.3 Å². The van der Waals surface area contributed by atoms with Crippen molar-refractivity contribution in [1.82, 2.24) is 14.5 Å². The van der Waals surface area contributed by atoms with Crippen molar-refractivity contribution in [3.05, 3.63) is 39.1 Å². The zero-order chi connectivity index (χ0) is 15.9. The molecule has 0 bridgehead atoms. The Morgan fingerprint density at radius 1 is 1.32 bits per heavy atom. The zero-order valence-electron chi connectivity index (χ0n) is 12.8. The van der Waals surface area contributed by atoms with Crippen LogP contribution in [0.2, 0.25) is 0 Å². The molecule has 0 aliphatic rings. The second-order valence-electron chi connectivity index (χ2n) is 5.10. The topological polar surface area (TPSA) is 60.1 Å². The lowest BCUT2D eigenvalue weighted by atomic mass is 10.1. The first-order valence-electron chi connectivity index (χ1n) is 6.99. The van der Waals surface area contributed by atoms with Crippen LogP contribution in [0.25, 0.3) is 21.5 Å². The first kappa shape index (κ1) is 14.6. The minimum absolute atomic E-state index is 0.0371. The standard InChI is InChI=1S/C16H16N4OS/c1-5-20-14-11(10(3)18-16(17-4)19-14)7-12(15(20)21)13-6-9(2)8-22-13/h6-8H,4-5H2,1-3H3. The summed E-state index contributed by atoms with van der Waals surface area (Å²) < 4.78 is 1.67. The molecule has 0 aliphatic carbocycles. The molecule has 0 radical (unpaired) electrons. The third kappa shape index (κ3) is 2.25. The molecule has 112 valence electrons. The van der Waals surface area contributed by atoms with Crippen molar-refractivity contribution in [2.75, 3.05) is 0 Å². The minimum atomic E-state index is -0.0371. The lowest BCUT2D eigenvalue weighted by molar-refractivity contribution is 0.750. The molecule has 0 saturated heterocycles. The Labute approximate surface area is 132 Å². The van der Waals surface area contributed by atoms with E-state index in [1.807, 2.05) is 38.3 Å². The van der Waals surface area contributed by atoms with Crippen LogP contribution < -0.4 is 5.56 Å². The highest BCUT2D eigenvalue weighted by Gasteiger charge is 2.15. The van der Waals surface area contributed by atoms with Crippen molar-refractivity contribution in [3.8, 4) is 10.4 Å². The van der Waals surface area contributed by atoms with Gasteiger partial charge < -0.3 is 0 Å². The van der Waals surface area contributed by atoms with Crippen LogP contribution in [0.5, 0.6) is 0 Å². The first-order chi connectivity index (χ1) is 10.5. The van der Waals surface area contributed by atoms with Gasteiger partial charge in [-0.25, -0.2) is 9.98 Å². The molecule has 3 aromatic rings. The molecule has 0 fully saturated rings. The van der Waals surface area contributed by atoms with Crippen LogP contribution >= 0.6 is 11.3 Å². The molecule has 0 N–H and O–H groups in total. The van der Waals surface area contributed by atoms with Gasteiger partial charge in [0.25, 0.3) is 11.5 Å². The Bertz CT molecular complexity index is 939. The van der Waals surface area contributed by atoms with E-state index < -0.39 is 0 Å². The molecule has 3 rings (SSSR count). The summed E-state index contributed by atoms with van der Waals surface area (Å²) in [7, 11) is 0. The van der Waals surface area contributed by atoms with Gasteiger partial charge in [0.1, 0.15) is 5.65 Å².